The molecule has 0 spiro atoms. The molecule has 0 bridgehead atoms. The van der Waals surface area contributed by atoms with Crippen LogP contribution in [-0.2, 0) is 23.1 Å². The van der Waals surface area contributed by atoms with Crippen LogP contribution >= 0.6 is 0 Å². The number of methoxy groups -OCH3 is 1. The van der Waals surface area contributed by atoms with E-state index in [2.05, 4.69) is 10.4 Å². The molecule has 0 aliphatic heterocycles. The van der Waals surface area contributed by atoms with Crippen LogP contribution in [0.5, 0.6) is 0 Å². The maximum atomic E-state index is 13.1. The Hall–Kier alpha value is -2.67. The third-order valence-corrected chi connectivity index (χ3v) is 4.22. The van der Waals surface area contributed by atoms with Crippen molar-refractivity contribution in [2.45, 2.75) is 33.2 Å². The van der Waals surface area contributed by atoms with Crippen LogP contribution in [0.25, 0.3) is 0 Å². The molecule has 0 saturated heterocycles. The summed E-state index contributed by atoms with van der Waals surface area (Å²) >= 11 is 0. The van der Waals surface area contributed by atoms with E-state index in [-0.39, 0.29) is 11.8 Å². The molecule has 0 aliphatic rings. The minimum Gasteiger partial charge on any atom is -0.383 e. The summed E-state index contributed by atoms with van der Waals surface area (Å²) < 4.78 is 6.86. The van der Waals surface area contributed by atoms with Crippen molar-refractivity contribution in [1.82, 2.24) is 14.7 Å². The lowest BCUT2D eigenvalue weighted by molar-refractivity contribution is -0.116. The summed E-state index contributed by atoms with van der Waals surface area (Å²) in [5, 5.41) is 7.05. The fraction of sp³-hybridized carbons (Fsp3) is 0.450. The number of aryl methyl sites for hydroxylation is 2. The molecule has 0 fully saturated rings. The highest BCUT2D eigenvalue weighted by molar-refractivity contribution is 5.97. The molecule has 0 aliphatic carbocycles. The zero-order chi connectivity index (χ0) is 19.8. The van der Waals surface area contributed by atoms with Gasteiger partial charge in [-0.15, -0.1) is 0 Å². The number of amides is 2. The number of hydrogen-bond acceptors (Lipinski definition) is 4. The number of carbonyl (C=O) groups excluding carboxylic acids is 2. The van der Waals surface area contributed by atoms with Gasteiger partial charge in [0.2, 0.25) is 5.91 Å². The van der Waals surface area contributed by atoms with E-state index in [0.717, 1.165) is 17.5 Å². The monoisotopic (exact) mass is 372 g/mol. The number of nitrogens with zero attached hydrogens (tertiary/aromatic N) is 3. The summed E-state index contributed by atoms with van der Waals surface area (Å²) in [6, 6.07) is 5.39. The lowest BCUT2D eigenvalue weighted by Crippen LogP contribution is -2.33. The van der Waals surface area contributed by atoms with Crippen LogP contribution < -0.4 is 5.32 Å². The van der Waals surface area contributed by atoms with Crippen LogP contribution in [0, 0.1) is 6.92 Å². The van der Waals surface area contributed by atoms with E-state index < -0.39 is 0 Å². The van der Waals surface area contributed by atoms with Crippen molar-refractivity contribution < 1.29 is 14.3 Å². The van der Waals surface area contributed by atoms with Crippen LogP contribution in [0.15, 0.2) is 30.6 Å². The van der Waals surface area contributed by atoms with Gasteiger partial charge in [0.05, 0.1) is 12.8 Å². The largest absolute Gasteiger partial charge is 0.383 e. The molecule has 0 unspecified atom stereocenters. The van der Waals surface area contributed by atoms with E-state index in [1.807, 2.05) is 33.2 Å². The smallest absolute Gasteiger partial charge is 0.254 e. The first-order valence-corrected chi connectivity index (χ1v) is 9.10. The van der Waals surface area contributed by atoms with Gasteiger partial charge in [-0.05, 0) is 31.0 Å². The van der Waals surface area contributed by atoms with Crippen LogP contribution in [0.1, 0.15) is 41.3 Å². The van der Waals surface area contributed by atoms with Crippen molar-refractivity contribution in [1.29, 1.82) is 0 Å². The molecule has 0 radical (unpaired) electrons. The molecule has 2 amide bonds. The summed E-state index contributed by atoms with van der Waals surface area (Å²) in [4.78, 5) is 26.7. The minimum atomic E-state index is -0.109. The zero-order valence-corrected chi connectivity index (χ0v) is 16.5. The Bertz CT molecular complexity index is 785. The standard InChI is InChI=1S/C20H28N4O3/c1-5-6-19(25)22-18-11-17(8-7-15(18)2)20(26)24(9-10-27-4)14-16-12-21-23(3)13-16/h7-8,11-13H,5-6,9-10,14H2,1-4H3,(H,22,25). The Kier molecular flexibility index (Phi) is 7.55. The highest BCUT2D eigenvalue weighted by atomic mass is 16.5. The molecule has 0 atom stereocenters. The van der Waals surface area contributed by atoms with Crippen molar-refractivity contribution in [3.63, 3.8) is 0 Å². The second kappa shape index (κ2) is 9.87. The molecule has 27 heavy (non-hydrogen) atoms. The lowest BCUT2D eigenvalue weighted by atomic mass is 10.1. The second-order valence-corrected chi connectivity index (χ2v) is 6.57. The maximum absolute atomic E-state index is 13.1. The molecule has 7 nitrogen and oxygen atoms in total. The average Bonchev–Trinajstić information content (AvgIpc) is 3.05. The predicted octanol–water partition coefficient (Wildman–Crippen LogP) is 2.76. The van der Waals surface area contributed by atoms with Gasteiger partial charge in [0.1, 0.15) is 0 Å². The summed E-state index contributed by atoms with van der Waals surface area (Å²) in [6.45, 7) is 5.22. The van der Waals surface area contributed by atoms with Gasteiger partial charge in [-0.1, -0.05) is 13.0 Å². The Labute approximate surface area is 160 Å². The highest BCUT2D eigenvalue weighted by Gasteiger charge is 2.18. The summed E-state index contributed by atoms with van der Waals surface area (Å²) in [5.74, 6) is -0.154. The number of benzene rings is 1. The van der Waals surface area contributed by atoms with Crippen LogP contribution in [0.2, 0.25) is 0 Å². The van der Waals surface area contributed by atoms with Crippen LogP contribution in [-0.4, -0.2) is 46.8 Å². The first-order chi connectivity index (χ1) is 12.9. The number of nitrogens with one attached hydrogen (secondary N) is 1. The first-order valence-electron chi connectivity index (χ1n) is 9.10. The average molecular weight is 372 g/mol. The van der Waals surface area contributed by atoms with Crippen LogP contribution in [0.3, 0.4) is 0 Å². The van der Waals surface area contributed by atoms with Crippen molar-refractivity contribution >= 4 is 17.5 Å². The number of anilines is 1. The summed E-state index contributed by atoms with van der Waals surface area (Å²) in [7, 11) is 3.45. The second-order valence-electron chi connectivity index (χ2n) is 6.57. The minimum absolute atomic E-state index is 0.0446. The van der Waals surface area contributed by atoms with E-state index >= 15 is 0 Å². The fourth-order valence-electron chi connectivity index (χ4n) is 2.74. The van der Waals surface area contributed by atoms with Gasteiger partial charge < -0.3 is 15.0 Å². The number of ether oxygens (including phenoxy) is 1. The van der Waals surface area contributed by atoms with Gasteiger partial charge in [0.25, 0.3) is 5.91 Å². The number of rotatable bonds is 9. The summed E-state index contributed by atoms with van der Waals surface area (Å²) in [6.07, 6.45) is 4.87. The maximum Gasteiger partial charge on any atom is 0.254 e. The van der Waals surface area contributed by atoms with Crippen molar-refractivity contribution in [2.75, 3.05) is 25.6 Å². The first kappa shape index (κ1) is 20.6. The number of hydrogen-bond donors (Lipinski definition) is 1. The molecule has 7 heteroatoms. The molecular formula is C20H28N4O3. The van der Waals surface area contributed by atoms with Crippen molar-refractivity contribution in [3.05, 3.63) is 47.3 Å². The zero-order valence-electron chi connectivity index (χ0n) is 16.5. The van der Waals surface area contributed by atoms with Gasteiger partial charge in [0, 0.05) is 56.7 Å². The molecule has 1 aromatic heterocycles. The molecule has 2 aromatic rings. The molecule has 1 heterocycles. The van der Waals surface area contributed by atoms with Crippen molar-refractivity contribution in [2.24, 2.45) is 7.05 Å². The predicted molar refractivity (Wildman–Crippen MR) is 105 cm³/mol. The van der Waals surface area contributed by atoms with Crippen LogP contribution in [0.4, 0.5) is 5.69 Å². The Morgan fingerprint density at radius 2 is 2.11 bits per heavy atom. The van der Waals surface area contributed by atoms with Gasteiger partial charge in [-0.3, -0.25) is 14.3 Å². The fourth-order valence-corrected chi connectivity index (χ4v) is 2.74. The molecule has 1 N–H and O–H groups in total. The quantitative estimate of drug-likeness (QED) is 0.734. The van der Waals surface area contributed by atoms with E-state index in [4.69, 9.17) is 4.74 Å². The molecule has 146 valence electrons. The van der Waals surface area contributed by atoms with E-state index in [1.54, 1.807) is 35.0 Å². The number of carbonyl (C=O) groups is 2. The van der Waals surface area contributed by atoms with Gasteiger partial charge in [-0.2, -0.15) is 5.10 Å². The van der Waals surface area contributed by atoms with Crippen molar-refractivity contribution in [3.8, 4) is 0 Å². The molecule has 2 rings (SSSR count). The molecule has 0 saturated carbocycles. The van der Waals surface area contributed by atoms with E-state index in [1.165, 1.54) is 0 Å². The lowest BCUT2D eigenvalue weighted by Gasteiger charge is -2.22. The summed E-state index contributed by atoms with van der Waals surface area (Å²) in [5.41, 5.74) is 3.08. The number of aromatic nitrogens is 2. The SMILES string of the molecule is CCCC(=O)Nc1cc(C(=O)N(CCOC)Cc2cnn(C)c2)ccc1C. The van der Waals surface area contributed by atoms with Gasteiger partial charge in [0.15, 0.2) is 0 Å². The van der Waals surface area contributed by atoms with Gasteiger partial charge in [-0.25, -0.2) is 0 Å². The highest BCUT2D eigenvalue weighted by Crippen LogP contribution is 2.19. The Balaban J connectivity index is 2.21. The van der Waals surface area contributed by atoms with Gasteiger partial charge >= 0.3 is 0 Å². The molecule has 1 aromatic carbocycles. The Morgan fingerprint density at radius 1 is 1.33 bits per heavy atom. The van der Waals surface area contributed by atoms with E-state index in [9.17, 15) is 9.59 Å². The topological polar surface area (TPSA) is 76.5 Å². The normalized spacial score (nSPS) is 10.7. The third-order valence-electron chi connectivity index (χ3n) is 4.22. The van der Waals surface area contributed by atoms with E-state index in [0.29, 0.717) is 37.4 Å². The third kappa shape index (κ3) is 5.92. The molecular weight excluding hydrogens is 344 g/mol. The Morgan fingerprint density at radius 3 is 2.74 bits per heavy atom.